The standard InChI is InChI=1S/C15H9BrN2O2/c16-12-4-1-11-8-17-9-15(14(11)7-12)10-2-5-13(6-3-10)18(19)20/h1-9H. The third-order valence-electron chi connectivity index (χ3n) is 3.11. The van der Waals surface area contributed by atoms with Crippen molar-refractivity contribution in [2.24, 2.45) is 0 Å². The lowest BCUT2D eigenvalue weighted by molar-refractivity contribution is -0.384. The van der Waals surface area contributed by atoms with Crippen LogP contribution in [0.3, 0.4) is 0 Å². The van der Waals surface area contributed by atoms with E-state index in [2.05, 4.69) is 20.9 Å². The van der Waals surface area contributed by atoms with Crippen LogP contribution in [0.5, 0.6) is 0 Å². The first-order valence-corrected chi connectivity index (χ1v) is 6.72. The van der Waals surface area contributed by atoms with E-state index in [0.29, 0.717) is 0 Å². The fourth-order valence-electron chi connectivity index (χ4n) is 2.13. The van der Waals surface area contributed by atoms with Crippen molar-refractivity contribution < 1.29 is 4.92 Å². The molecule has 3 rings (SSSR count). The number of non-ortho nitro benzene ring substituents is 1. The lowest BCUT2D eigenvalue weighted by Gasteiger charge is -2.06. The Labute approximate surface area is 123 Å². The molecule has 0 bridgehead atoms. The number of hydrogen-bond acceptors (Lipinski definition) is 3. The molecular weight excluding hydrogens is 320 g/mol. The van der Waals surface area contributed by atoms with Gasteiger partial charge in [0.05, 0.1) is 4.92 Å². The topological polar surface area (TPSA) is 56.0 Å². The first-order chi connectivity index (χ1) is 9.65. The van der Waals surface area contributed by atoms with Crippen LogP contribution in [0.1, 0.15) is 0 Å². The van der Waals surface area contributed by atoms with Gasteiger partial charge >= 0.3 is 0 Å². The van der Waals surface area contributed by atoms with Gasteiger partial charge in [0.2, 0.25) is 0 Å². The normalized spacial score (nSPS) is 10.7. The van der Waals surface area contributed by atoms with E-state index in [-0.39, 0.29) is 5.69 Å². The number of halogens is 1. The van der Waals surface area contributed by atoms with Gasteiger partial charge < -0.3 is 0 Å². The predicted octanol–water partition coefficient (Wildman–Crippen LogP) is 4.57. The van der Waals surface area contributed by atoms with Gasteiger partial charge in [0.1, 0.15) is 0 Å². The molecular formula is C15H9BrN2O2. The third kappa shape index (κ3) is 2.28. The van der Waals surface area contributed by atoms with Gasteiger partial charge in [-0.2, -0.15) is 0 Å². The Hall–Kier alpha value is -2.27. The number of rotatable bonds is 2. The molecule has 1 heterocycles. The van der Waals surface area contributed by atoms with Gasteiger partial charge in [-0.15, -0.1) is 0 Å². The summed E-state index contributed by atoms with van der Waals surface area (Å²) < 4.78 is 0.986. The summed E-state index contributed by atoms with van der Waals surface area (Å²) in [5.74, 6) is 0. The number of benzene rings is 2. The van der Waals surface area contributed by atoms with Crippen molar-refractivity contribution in [3.05, 3.63) is 69.4 Å². The van der Waals surface area contributed by atoms with Crippen LogP contribution in [0.25, 0.3) is 21.9 Å². The van der Waals surface area contributed by atoms with Crippen molar-refractivity contribution in [3.8, 4) is 11.1 Å². The van der Waals surface area contributed by atoms with E-state index in [1.54, 1.807) is 24.5 Å². The highest BCUT2D eigenvalue weighted by Crippen LogP contribution is 2.30. The van der Waals surface area contributed by atoms with Gasteiger partial charge in [-0.3, -0.25) is 15.1 Å². The van der Waals surface area contributed by atoms with Crippen LogP contribution in [0.4, 0.5) is 5.69 Å². The van der Waals surface area contributed by atoms with Crippen molar-refractivity contribution in [1.29, 1.82) is 0 Å². The first kappa shape index (κ1) is 12.7. The fraction of sp³-hybridized carbons (Fsp3) is 0. The number of fused-ring (bicyclic) bond motifs is 1. The molecule has 0 unspecified atom stereocenters. The molecule has 0 saturated carbocycles. The highest BCUT2D eigenvalue weighted by atomic mass is 79.9. The Morgan fingerprint density at radius 3 is 2.50 bits per heavy atom. The Morgan fingerprint density at radius 2 is 1.80 bits per heavy atom. The quantitative estimate of drug-likeness (QED) is 0.511. The Balaban J connectivity index is 2.18. The minimum atomic E-state index is -0.401. The smallest absolute Gasteiger partial charge is 0.263 e. The minimum absolute atomic E-state index is 0.0862. The van der Waals surface area contributed by atoms with E-state index in [9.17, 15) is 10.1 Å². The molecule has 0 spiro atoms. The molecule has 0 fully saturated rings. The monoisotopic (exact) mass is 328 g/mol. The zero-order chi connectivity index (χ0) is 14.1. The van der Waals surface area contributed by atoms with Gasteiger partial charge in [-0.1, -0.05) is 22.0 Å². The molecule has 0 saturated heterocycles. The number of aromatic nitrogens is 1. The van der Waals surface area contributed by atoms with Crippen LogP contribution < -0.4 is 0 Å². The molecule has 0 atom stereocenters. The molecule has 0 aliphatic carbocycles. The Kier molecular flexibility index (Phi) is 3.20. The molecule has 2 aromatic carbocycles. The first-order valence-electron chi connectivity index (χ1n) is 5.93. The van der Waals surface area contributed by atoms with Gasteiger partial charge in [0, 0.05) is 39.9 Å². The van der Waals surface area contributed by atoms with Gasteiger partial charge in [0.25, 0.3) is 5.69 Å². The highest BCUT2D eigenvalue weighted by molar-refractivity contribution is 9.10. The number of nitro groups is 1. The van der Waals surface area contributed by atoms with E-state index in [4.69, 9.17) is 0 Å². The molecule has 0 radical (unpaired) electrons. The number of nitrogens with zero attached hydrogens (tertiary/aromatic N) is 2. The highest BCUT2D eigenvalue weighted by Gasteiger charge is 2.08. The molecule has 0 aliphatic rings. The second kappa shape index (κ2) is 5.02. The minimum Gasteiger partial charge on any atom is -0.263 e. The van der Waals surface area contributed by atoms with Crippen LogP contribution >= 0.6 is 15.9 Å². The summed E-state index contributed by atoms with van der Waals surface area (Å²) >= 11 is 3.46. The molecule has 1 aromatic heterocycles. The summed E-state index contributed by atoms with van der Waals surface area (Å²) in [6.45, 7) is 0. The van der Waals surface area contributed by atoms with Gasteiger partial charge in [-0.05, 0) is 35.2 Å². The molecule has 5 heteroatoms. The maximum absolute atomic E-state index is 10.7. The zero-order valence-corrected chi connectivity index (χ0v) is 11.9. The van der Waals surface area contributed by atoms with Crippen molar-refractivity contribution in [3.63, 3.8) is 0 Å². The van der Waals surface area contributed by atoms with E-state index < -0.39 is 4.92 Å². The zero-order valence-electron chi connectivity index (χ0n) is 10.3. The SMILES string of the molecule is O=[N+]([O-])c1ccc(-c2cncc3ccc(Br)cc23)cc1. The number of pyridine rings is 1. The summed E-state index contributed by atoms with van der Waals surface area (Å²) in [5.41, 5.74) is 1.95. The largest absolute Gasteiger partial charge is 0.269 e. The second-order valence-corrected chi connectivity index (χ2v) is 5.27. The van der Waals surface area contributed by atoms with Crippen LogP contribution in [-0.4, -0.2) is 9.91 Å². The summed E-state index contributed by atoms with van der Waals surface area (Å²) in [5, 5.41) is 12.8. The number of nitro benzene ring substituents is 1. The summed E-state index contributed by atoms with van der Waals surface area (Å²) in [7, 11) is 0. The molecule has 20 heavy (non-hydrogen) atoms. The summed E-state index contributed by atoms with van der Waals surface area (Å²) in [6, 6.07) is 12.5. The molecule has 0 N–H and O–H groups in total. The van der Waals surface area contributed by atoms with Crippen molar-refractivity contribution in [2.45, 2.75) is 0 Å². The maximum Gasteiger partial charge on any atom is 0.269 e. The van der Waals surface area contributed by atoms with Crippen LogP contribution in [0.15, 0.2) is 59.3 Å². The van der Waals surface area contributed by atoms with Crippen molar-refractivity contribution in [1.82, 2.24) is 4.98 Å². The number of hydrogen-bond donors (Lipinski definition) is 0. The van der Waals surface area contributed by atoms with E-state index in [1.807, 2.05) is 18.2 Å². The molecule has 0 aliphatic heterocycles. The van der Waals surface area contributed by atoms with Gasteiger partial charge in [-0.25, -0.2) is 0 Å². The van der Waals surface area contributed by atoms with Crippen molar-refractivity contribution >= 4 is 32.4 Å². The van der Waals surface area contributed by atoms with Crippen LogP contribution in [-0.2, 0) is 0 Å². The fourth-order valence-corrected chi connectivity index (χ4v) is 2.49. The molecule has 3 aromatic rings. The van der Waals surface area contributed by atoms with Crippen LogP contribution in [0.2, 0.25) is 0 Å². The van der Waals surface area contributed by atoms with Crippen LogP contribution in [0, 0.1) is 10.1 Å². The van der Waals surface area contributed by atoms with E-state index >= 15 is 0 Å². The van der Waals surface area contributed by atoms with E-state index in [0.717, 1.165) is 26.4 Å². The predicted molar refractivity (Wildman–Crippen MR) is 81.5 cm³/mol. The van der Waals surface area contributed by atoms with E-state index in [1.165, 1.54) is 12.1 Å². The Morgan fingerprint density at radius 1 is 1.05 bits per heavy atom. The third-order valence-corrected chi connectivity index (χ3v) is 3.61. The Bertz CT molecular complexity index is 801. The second-order valence-electron chi connectivity index (χ2n) is 4.36. The lowest BCUT2D eigenvalue weighted by Crippen LogP contribution is -1.88. The molecule has 0 amide bonds. The van der Waals surface area contributed by atoms with Crippen molar-refractivity contribution in [2.75, 3.05) is 0 Å². The van der Waals surface area contributed by atoms with Gasteiger partial charge in [0.15, 0.2) is 0 Å². The summed E-state index contributed by atoms with van der Waals surface area (Å²) in [4.78, 5) is 14.5. The summed E-state index contributed by atoms with van der Waals surface area (Å²) in [6.07, 6.45) is 3.58. The lowest BCUT2D eigenvalue weighted by atomic mass is 10.0. The maximum atomic E-state index is 10.7. The molecule has 98 valence electrons. The molecule has 4 nitrogen and oxygen atoms in total. The average molecular weight is 329 g/mol. The average Bonchev–Trinajstić information content (AvgIpc) is 2.46.